The van der Waals surface area contributed by atoms with E-state index in [9.17, 15) is 17.6 Å². The van der Waals surface area contributed by atoms with E-state index in [1.54, 1.807) is 19.2 Å². The molecule has 9 heteroatoms. The standard InChI is InChI=1S/C25H26F4N4O/c1-34-21-7-5-18(6-8-21)22(16-17-3-2-4-19(26)15-17)33-13-11-20(12-14-33)30-24-10-9-23(31-32-24)25(27,28)29/h2-10,15,20,22H,11-14,16H2,1H3,(H,30,32). The number of nitrogens with zero attached hydrogens (tertiary/aromatic N) is 3. The van der Waals surface area contributed by atoms with Crippen molar-refractivity contribution >= 4 is 5.82 Å². The van der Waals surface area contributed by atoms with Gasteiger partial charge in [-0.05, 0) is 66.8 Å². The molecule has 1 saturated heterocycles. The van der Waals surface area contributed by atoms with Crippen LogP contribution in [0.2, 0.25) is 0 Å². The number of likely N-dealkylation sites (tertiary alicyclic amines) is 1. The zero-order valence-electron chi connectivity index (χ0n) is 18.7. The van der Waals surface area contributed by atoms with E-state index in [0.29, 0.717) is 12.2 Å². The maximum Gasteiger partial charge on any atom is 0.435 e. The van der Waals surface area contributed by atoms with Gasteiger partial charge >= 0.3 is 6.18 Å². The van der Waals surface area contributed by atoms with E-state index in [1.807, 2.05) is 30.3 Å². The van der Waals surface area contributed by atoms with Gasteiger partial charge in [0.25, 0.3) is 0 Å². The van der Waals surface area contributed by atoms with Gasteiger partial charge in [0.1, 0.15) is 17.4 Å². The number of piperidine rings is 1. The predicted molar refractivity (Wildman–Crippen MR) is 121 cm³/mol. The molecule has 0 bridgehead atoms. The first-order chi connectivity index (χ1) is 16.3. The number of nitrogens with one attached hydrogen (secondary N) is 1. The van der Waals surface area contributed by atoms with Crippen LogP contribution in [-0.2, 0) is 12.6 Å². The summed E-state index contributed by atoms with van der Waals surface area (Å²) >= 11 is 0. The molecular weight excluding hydrogens is 448 g/mol. The normalized spacial score (nSPS) is 16.3. The van der Waals surface area contributed by atoms with E-state index >= 15 is 0 Å². The molecule has 34 heavy (non-hydrogen) atoms. The fraction of sp³-hybridized carbons (Fsp3) is 0.360. The summed E-state index contributed by atoms with van der Waals surface area (Å²) in [5, 5.41) is 10.2. The number of hydrogen-bond acceptors (Lipinski definition) is 5. The summed E-state index contributed by atoms with van der Waals surface area (Å²) in [7, 11) is 1.62. The lowest BCUT2D eigenvalue weighted by Crippen LogP contribution is -2.41. The summed E-state index contributed by atoms with van der Waals surface area (Å²) in [4.78, 5) is 2.36. The second-order valence-electron chi connectivity index (χ2n) is 8.38. The van der Waals surface area contributed by atoms with Crippen LogP contribution in [-0.4, -0.2) is 41.3 Å². The van der Waals surface area contributed by atoms with Crippen molar-refractivity contribution < 1.29 is 22.3 Å². The van der Waals surface area contributed by atoms with E-state index in [2.05, 4.69) is 20.4 Å². The van der Waals surface area contributed by atoms with Crippen molar-refractivity contribution in [2.75, 3.05) is 25.5 Å². The molecule has 0 amide bonds. The van der Waals surface area contributed by atoms with Crippen LogP contribution in [0.15, 0.2) is 60.7 Å². The van der Waals surface area contributed by atoms with E-state index in [-0.39, 0.29) is 17.9 Å². The van der Waals surface area contributed by atoms with Gasteiger partial charge in [-0.2, -0.15) is 13.2 Å². The zero-order chi connectivity index (χ0) is 24.1. The lowest BCUT2D eigenvalue weighted by molar-refractivity contribution is -0.141. The van der Waals surface area contributed by atoms with Crippen molar-refractivity contribution in [2.45, 2.75) is 37.5 Å². The molecule has 1 aromatic heterocycles. The van der Waals surface area contributed by atoms with E-state index in [0.717, 1.165) is 48.9 Å². The molecule has 180 valence electrons. The van der Waals surface area contributed by atoms with Crippen molar-refractivity contribution in [3.05, 3.63) is 83.3 Å². The van der Waals surface area contributed by atoms with E-state index in [1.165, 1.54) is 12.1 Å². The molecule has 2 heterocycles. The summed E-state index contributed by atoms with van der Waals surface area (Å²) < 4.78 is 57.2. The van der Waals surface area contributed by atoms with Gasteiger partial charge in [-0.25, -0.2) is 4.39 Å². The maximum atomic E-state index is 13.8. The second kappa shape index (κ2) is 10.4. The van der Waals surface area contributed by atoms with Crippen LogP contribution in [0.25, 0.3) is 0 Å². The van der Waals surface area contributed by atoms with Gasteiger partial charge in [-0.1, -0.05) is 24.3 Å². The van der Waals surface area contributed by atoms with Crippen LogP contribution in [0, 0.1) is 5.82 Å². The first-order valence-corrected chi connectivity index (χ1v) is 11.1. The van der Waals surface area contributed by atoms with Crippen molar-refractivity contribution in [2.24, 2.45) is 0 Å². The van der Waals surface area contributed by atoms with Crippen LogP contribution in [0.5, 0.6) is 5.75 Å². The lowest BCUT2D eigenvalue weighted by Gasteiger charge is -2.38. The van der Waals surface area contributed by atoms with Crippen LogP contribution < -0.4 is 10.1 Å². The summed E-state index contributed by atoms with van der Waals surface area (Å²) in [6.45, 7) is 1.55. The van der Waals surface area contributed by atoms with Gasteiger partial charge in [-0.3, -0.25) is 4.90 Å². The van der Waals surface area contributed by atoms with Gasteiger partial charge in [-0.15, -0.1) is 10.2 Å². The van der Waals surface area contributed by atoms with Crippen LogP contribution in [0.3, 0.4) is 0 Å². The number of rotatable bonds is 7. The predicted octanol–water partition coefficient (Wildman–Crippen LogP) is 5.50. The highest BCUT2D eigenvalue weighted by molar-refractivity contribution is 5.35. The third-order valence-corrected chi connectivity index (χ3v) is 6.10. The molecule has 1 aliphatic heterocycles. The largest absolute Gasteiger partial charge is 0.497 e. The van der Waals surface area contributed by atoms with E-state index < -0.39 is 11.9 Å². The molecule has 1 aliphatic rings. The Bertz CT molecular complexity index is 1070. The van der Waals surface area contributed by atoms with Gasteiger partial charge in [0.15, 0.2) is 5.69 Å². The Kier molecular flexibility index (Phi) is 7.31. The highest BCUT2D eigenvalue weighted by atomic mass is 19.4. The molecule has 0 aliphatic carbocycles. The summed E-state index contributed by atoms with van der Waals surface area (Å²) in [5.41, 5.74) is 1.03. The molecule has 1 atom stereocenters. The molecule has 0 spiro atoms. The lowest BCUT2D eigenvalue weighted by atomic mass is 9.94. The monoisotopic (exact) mass is 474 g/mol. The van der Waals surface area contributed by atoms with Gasteiger partial charge < -0.3 is 10.1 Å². The molecular formula is C25H26F4N4O. The number of aromatic nitrogens is 2. The fourth-order valence-corrected chi connectivity index (χ4v) is 4.30. The van der Waals surface area contributed by atoms with Crippen molar-refractivity contribution in [1.82, 2.24) is 15.1 Å². The SMILES string of the molecule is COc1ccc(C(Cc2cccc(F)c2)N2CCC(Nc3ccc(C(F)(F)F)nn3)CC2)cc1. The molecule has 4 rings (SSSR count). The summed E-state index contributed by atoms with van der Waals surface area (Å²) in [5.74, 6) is 0.846. The Morgan fingerprint density at radius 1 is 1.03 bits per heavy atom. The summed E-state index contributed by atoms with van der Waals surface area (Å²) in [6.07, 6.45) is -2.27. The average Bonchev–Trinajstić information content (AvgIpc) is 2.83. The molecule has 5 nitrogen and oxygen atoms in total. The molecule has 0 saturated carbocycles. The Morgan fingerprint density at radius 3 is 2.35 bits per heavy atom. The van der Waals surface area contributed by atoms with Crippen LogP contribution in [0.4, 0.5) is 23.4 Å². The molecule has 1 unspecified atom stereocenters. The Hall–Kier alpha value is -3.20. The van der Waals surface area contributed by atoms with Gasteiger partial charge in [0, 0.05) is 25.2 Å². The van der Waals surface area contributed by atoms with Gasteiger partial charge in [0.2, 0.25) is 0 Å². The third kappa shape index (κ3) is 6.02. The molecule has 2 aromatic carbocycles. The number of ether oxygens (including phenoxy) is 1. The maximum absolute atomic E-state index is 13.8. The third-order valence-electron chi connectivity index (χ3n) is 6.10. The highest BCUT2D eigenvalue weighted by Gasteiger charge is 2.33. The summed E-state index contributed by atoms with van der Waals surface area (Å²) in [6, 6.07) is 16.9. The minimum Gasteiger partial charge on any atom is -0.497 e. The molecule has 1 N–H and O–H groups in total. The Labute approximate surface area is 195 Å². The number of alkyl halides is 3. The number of hydrogen-bond donors (Lipinski definition) is 1. The van der Waals surface area contributed by atoms with Crippen LogP contribution >= 0.6 is 0 Å². The second-order valence-corrected chi connectivity index (χ2v) is 8.38. The smallest absolute Gasteiger partial charge is 0.435 e. The van der Waals surface area contributed by atoms with Gasteiger partial charge in [0.05, 0.1) is 7.11 Å². The van der Waals surface area contributed by atoms with Crippen LogP contribution in [0.1, 0.15) is 35.7 Å². The Balaban J connectivity index is 1.43. The first kappa shape index (κ1) is 23.9. The van der Waals surface area contributed by atoms with Crippen molar-refractivity contribution in [3.63, 3.8) is 0 Å². The minimum atomic E-state index is -4.50. The minimum absolute atomic E-state index is 0.0551. The zero-order valence-corrected chi connectivity index (χ0v) is 18.7. The molecule has 0 radical (unpaired) electrons. The quantitative estimate of drug-likeness (QED) is 0.458. The number of benzene rings is 2. The number of halogens is 4. The molecule has 1 fully saturated rings. The van der Waals surface area contributed by atoms with Crippen molar-refractivity contribution in [3.8, 4) is 5.75 Å². The first-order valence-electron chi connectivity index (χ1n) is 11.1. The van der Waals surface area contributed by atoms with E-state index in [4.69, 9.17) is 4.74 Å². The Morgan fingerprint density at radius 2 is 1.76 bits per heavy atom. The van der Waals surface area contributed by atoms with Crippen molar-refractivity contribution in [1.29, 1.82) is 0 Å². The topological polar surface area (TPSA) is 50.3 Å². The average molecular weight is 475 g/mol. The number of anilines is 1. The number of methoxy groups -OCH3 is 1. The molecule has 3 aromatic rings. The fourth-order valence-electron chi connectivity index (χ4n) is 4.30. The highest BCUT2D eigenvalue weighted by Crippen LogP contribution is 2.31.